The average Bonchev–Trinajstić information content (AvgIpc) is 2.02. The highest BCUT2D eigenvalue weighted by molar-refractivity contribution is 7.84. The minimum Gasteiger partial charge on any atom is -0.179 e. The SMILES string of the molecule is CC(C)[SiH](C(C)C)C(C)C.SCCS. The Bertz CT molecular complexity index is 92.8. The summed E-state index contributed by atoms with van der Waals surface area (Å²) in [6.07, 6.45) is 0. The molecular formula is C11H28S2Si. The zero-order valence-corrected chi connectivity index (χ0v) is 13.6. The van der Waals surface area contributed by atoms with Crippen LogP contribution in [0.2, 0.25) is 16.6 Å². The maximum atomic E-state index is 3.84. The van der Waals surface area contributed by atoms with Crippen molar-refractivity contribution in [3.05, 3.63) is 0 Å². The van der Waals surface area contributed by atoms with Crippen molar-refractivity contribution in [2.45, 2.75) is 58.2 Å². The van der Waals surface area contributed by atoms with E-state index in [1.54, 1.807) is 0 Å². The summed E-state index contributed by atoms with van der Waals surface area (Å²) >= 11 is 7.69. The van der Waals surface area contributed by atoms with Crippen molar-refractivity contribution in [1.29, 1.82) is 0 Å². The van der Waals surface area contributed by atoms with E-state index < -0.39 is 8.80 Å². The summed E-state index contributed by atoms with van der Waals surface area (Å²) in [6, 6.07) is 0. The molecular weight excluding hydrogens is 224 g/mol. The lowest BCUT2D eigenvalue weighted by Gasteiger charge is -2.26. The molecule has 0 unspecified atom stereocenters. The Morgan fingerprint density at radius 3 is 0.929 bits per heavy atom. The minimum atomic E-state index is -0.454. The van der Waals surface area contributed by atoms with Gasteiger partial charge in [0.15, 0.2) is 0 Å². The lowest BCUT2D eigenvalue weighted by Crippen LogP contribution is -2.24. The zero-order chi connectivity index (χ0) is 11.7. The molecule has 0 aromatic carbocycles. The first-order chi connectivity index (χ1) is 6.38. The maximum absolute atomic E-state index is 3.84. The monoisotopic (exact) mass is 252 g/mol. The van der Waals surface area contributed by atoms with E-state index in [1.807, 2.05) is 0 Å². The molecule has 0 saturated heterocycles. The second-order valence-corrected chi connectivity index (χ2v) is 10.8. The molecule has 3 heteroatoms. The molecule has 0 radical (unpaired) electrons. The van der Waals surface area contributed by atoms with E-state index in [-0.39, 0.29) is 0 Å². The van der Waals surface area contributed by atoms with Crippen LogP contribution in [0.15, 0.2) is 0 Å². The second-order valence-electron chi connectivity index (χ2n) is 4.76. The lowest BCUT2D eigenvalue weighted by molar-refractivity contribution is 0.863. The molecule has 0 atom stereocenters. The highest BCUT2D eigenvalue weighted by Crippen LogP contribution is 2.28. The van der Waals surface area contributed by atoms with Crippen LogP contribution < -0.4 is 0 Å². The third kappa shape index (κ3) is 9.47. The Morgan fingerprint density at radius 2 is 0.929 bits per heavy atom. The fourth-order valence-corrected chi connectivity index (χ4v) is 6.93. The Labute approximate surface area is 104 Å². The topological polar surface area (TPSA) is 0 Å². The zero-order valence-electron chi connectivity index (χ0n) is 10.6. The third-order valence-electron chi connectivity index (χ3n) is 2.41. The predicted molar refractivity (Wildman–Crippen MR) is 80.1 cm³/mol. The van der Waals surface area contributed by atoms with Gasteiger partial charge in [-0.25, -0.2) is 0 Å². The van der Waals surface area contributed by atoms with Gasteiger partial charge in [0.2, 0.25) is 0 Å². The van der Waals surface area contributed by atoms with Crippen LogP contribution in [0.3, 0.4) is 0 Å². The van der Waals surface area contributed by atoms with Crippen molar-refractivity contribution >= 4 is 34.1 Å². The van der Waals surface area contributed by atoms with Crippen LogP contribution >= 0.6 is 25.3 Å². The van der Waals surface area contributed by atoms with Gasteiger partial charge >= 0.3 is 0 Å². The predicted octanol–water partition coefficient (Wildman–Crippen LogP) is 4.29. The average molecular weight is 253 g/mol. The van der Waals surface area contributed by atoms with Crippen molar-refractivity contribution in [1.82, 2.24) is 0 Å². The Balaban J connectivity index is 0. The number of hydrogen-bond acceptors (Lipinski definition) is 2. The molecule has 0 aromatic rings. The summed E-state index contributed by atoms with van der Waals surface area (Å²) in [4.78, 5) is 0. The van der Waals surface area contributed by atoms with Gasteiger partial charge in [0.1, 0.15) is 0 Å². The number of rotatable bonds is 4. The standard InChI is InChI=1S/C9H22Si.C2H6S2/c1-7(2)10(8(3)4)9(5)6;3-1-2-4/h7-10H,1-6H3;3-4H,1-2H2. The van der Waals surface area contributed by atoms with E-state index in [0.717, 1.165) is 28.1 Å². The minimum absolute atomic E-state index is 0.454. The van der Waals surface area contributed by atoms with Crippen LogP contribution in [0.4, 0.5) is 0 Å². The number of hydrogen-bond donors (Lipinski definition) is 2. The molecule has 0 bridgehead atoms. The first-order valence-corrected chi connectivity index (χ1v) is 8.86. The van der Waals surface area contributed by atoms with Gasteiger partial charge in [-0.15, -0.1) is 0 Å². The van der Waals surface area contributed by atoms with Crippen molar-refractivity contribution in [3.8, 4) is 0 Å². The smallest absolute Gasteiger partial charge is 0.0445 e. The van der Waals surface area contributed by atoms with Crippen LogP contribution in [-0.4, -0.2) is 20.3 Å². The Morgan fingerprint density at radius 1 is 0.714 bits per heavy atom. The fraction of sp³-hybridized carbons (Fsp3) is 1.00. The van der Waals surface area contributed by atoms with Gasteiger partial charge in [-0.3, -0.25) is 0 Å². The van der Waals surface area contributed by atoms with E-state index in [9.17, 15) is 0 Å². The van der Waals surface area contributed by atoms with Gasteiger partial charge in [-0.1, -0.05) is 58.2 Å². The van der Waals surface area contributed by atoms with Gasteiger partial charge in [0, 0.05) is 8.80 Å². The Kier molecular flexibility index (Phi) is 12.9. The molecule has 0 fully saturated rings. The summed E-state index contributed by atoms with van der Waals surface area (Å²) in [5, 5.41) is 0. The van der Waals surface area contributed by atoms with Crippen molar-refractivity contribution in [3.63, 3.8) is 0 Å². The molecule has 0 rings (SSSR count). The third-order valence-corrected chi connectivity index (χ3v) is 7.83. The quantitative estimate of drug-likeness (QED) is 0.541. The molecule has 0 aliphatic carbocycles. The molecule has 0 aromatic heterocycles. The van der Waals surface area contributed by atoms with Gasteiger partial charge < -0.3 is 0 Å². The highest BCUT2D eigenvalue weighted by Gasteiger charge is 2.22. The summed E-state index contributed by atoms with van der Waals surface area (Å²) < 4.78 is 0. The molecule has 0 saturated carbocycles. The van der Waals surface area contributed by atoms with E-state index in [0.29, 0.717) is 0 Å². The molecule has 0 N–H and O–H groups in total. The van der Waals surface area contributed by atoms with E-state index in [4.69, 9.17) is 0 Å². The number of thiol groups is 2. The molecule has 0 amide bonds. The van der Waals surface area contributed by atoms with E-state index in [1.165, 1.54) is 0 Å². The van der Waals surface area contributed by atoms with Crippen LogP contribution in [0.25, 0.3) is 0 Å². The van der Waals surface area contributed by atoms with Crippen molar-refractivity contribution < 1.29 is 0 Å². The molecule has 0 aliphatic rings. The lowest BCUT2D eigenvalue weighted by atomic mass is 10.5. The van der Waals surface area contributed by atoms with Crippen molar-refractivity contribution in [2.24, 2.45) is 0 Å². The second kappa shape index (κ2) is 10.4. The highest BCUT2D eigenvalue weighted by atomic mass is 32.1. The summed E-state index contributed by atoms with van der Waals surface area (Å²) in [5.41, 5.74) is 2.92. The van der Waals surface area contributed by atoms with Crippen LogP contribution in [0.5, 0.6) is 0 Å². The van der Waals surface area contributed by atoms with E-state index in [2.05, 4.69) is 66.8 Å². The maximum Gasteiger partial charge on any atom is 0.0445 e. The normalized spacial score (nSPS) is 11.1. The molecule has 0 aliphatic heterocycles. The molecule has 14 heavy (non-hydrogen) atoms. The summed E-state index contributed by atoms with van der Waals surface area (Å²) in [7, 11) is -0.454. The molecule has 0 spiro atoms. The molecule has 0 nitrogen and oxygen atoms in total. The van der Waals surface area contributed by atoms with Crippen molar-refractivity contribution in [2.75, 3.05) is 11.5 Å². The van der Waals surface area contributed by atoms with Gasteiger partial charge in [-0.2, -0.15) is 25.3 Å². The molecule has 88 valence electrons. The van der Waals surface area contributed by atoms with E-state index >= 15 is 0 Å². The van der Waals surface area contributed by atoms with Gasteiger partial charge in [-0.05, 0) is 11.5 Å². The van der Waals surface area contributed by atoms with Crippen LogP contribution in [-0.2, 0) is 0 Å². The first-order valence-electron chi connectivity index (χ1n) is 5.60. The van der Waals surface area contributed by atoms with Crippen LogP contribution in [0.1, 0.15) is 41.5 Å². The van der Waals surface area contributed by atoms with Gasteiger partial charge in [0.05, 0.1) is 0 Å². The first kappa shape index (κ1) is 17.3. The van der Waals surface area contributed by atoms with Gasteiger partial charge in [0.25, 0.3) is 0 Å². The summed E-state index contributed by atoms with van der Waals surface area (Å²) in [6.45, 7) is 14.3. The van der Waals surface area contributed by atoms with Crippen LogP contribution in [0, 0.1) is 0 Å². The molecule has 0 heterocycles. The Hall–Kier alpha value is 0.917. The fourth-order valence-electron chi connectivity index (χ4n) is 2.31. The largest absolute Gasteiger partial charge is 0.179 e. The summed E-state index contributed by atoms with van der Waals surface area (Å²) in [5.74, 6) is 1.76.